The molecule has 1 aromatic rings. The van der Waals surface area contributed by atoms with Crippen molar-refractivity contribution >= 4 is 21.8 Å². The summed E-state index contributed by atoms with van der Waals surface area (Å²) in [6.07, 6.45) is 0. The predicted molar refractivity (Wildman–Crippen MR) is 72.3 cm³/mol. The molecule has 0 atom stereocenters. The molecule has 0 spiro atoms. The lowest BCUT2D eigenvalue weighted by molar-refractivity contribution is 0.0819. The van der Waals surface area contributed by atoms with Crippen molar-refractivity contribution in [1.29, 1.82) is 0 Å². The lowest BCUT2D eigenvalue weighted by atomic mass is 10.1. The number of rotatable bonds is 4. The Labute approximate surface area is 111 Å². The Kier molecular flexibility index (Phi) is 4.71. The van der Waals surface area contributed by atoms with Crippen LogP contribution in [0.25, 0.3) is 0 Å². The van der Waals surface area contributed by atoms with Crippen LogP contribution in [0.1, 0.15) is 29.8 Å². The maximum absolute atomic E-state index is 12.1. The molecule has 0 heterocycles. The van der Waals surface area contributed by atoms with Crippen molar-refractivity contribution in [2.75, 3.05) is 13.7 Å². The first-order valence-electron chi connectivity index (χ1n) is 5.44. The number of hydrogen-bond acceptors (Lipinski definition) is 2. The highest BCUT2D eigenvalue weighted by molar-refractivity contribution is 9.10. The number of benzene rings is 1. The zero-order chi connectivity index (χ0) is 13.1. The second kappa shape index (κ2) is 5.65. The Morgan fingerprint density at radius 1 is 1.47 bits per heavy atom. The standard InChI is InChI=1S/C13H18BrNO2/c1-9-6-5-7-10(11(9)14)12(16)15-13(2,3)8-17-4/h5-7H,8H2,1-4H3,(H,15,16). The summed E-state index contributed by atoms with van der Waals surface area (Å²) in [6, 6.07) is 5.63. The normalized spacial score (nSPS) is 11.4. The minimum atomic E-state index is -0.380. The summed E-state index contributed by atoms with van der Waals surface area (Å²) >= 11 is 3.44. The Morgan fingerprint density at radius 2 is 2.12 bits per heavy atom. The Bertz CT molecular complexity index is 416. The van der Waals surface area contributed by atoms with Gasteiger partial charge in [0.1, 0.15) is 0 Å². The average molecular weight is 300 g/mol. The van der Waals surface area contributed by atoms with Crippen molar-refractivity contribution in [2.24, 2.45) is 0 Å². The second-order valence-corrected chi connectivity index (χ2v) is 5.50. The molecule has 0 aromatic heterocycles. The number of methoxy groups -OCH3 is 1. The van der Waals surface area contributed by atoms with Gasteiger partial charge in [0.05, 0.1) is 17.7 Å². The zero-order valence-corrected chi connectivity index (χ0v) is 12.2. The minimum absolute atomic E-state index is 0.0948. The van der Waals surface area contributed by atoms with Gasteiger partial charge in [-0.2, -0.15) is 0 Å². The predicted octanol–water partition coefficient (Wildman–Crippen LogP) is 2.91. The van der Waals surface area contributed by atoms with E-state index in [4.69, 9.17) is 4.74 Å². The topological polar surface area (TPSA) is 38.3 Å². The van der Waals surface area contributed by atoms with E-state index in [1.54, 1.807) is 13.2 Å². The summed E-state index contributed by atoms with van der Waals surface area (Å²) in [5, 5.41) is 2.95. The molecule has 4 heteroatoms. The van der Waals surface area contributed by atoms with Crippen molar-refractivity contribution in [3.63, 3.8) is 0 Å². The molecule has 1 aromatic carbocycles. The maximum atomic E-state index is 12.1. The minimum Gasteiger partial charge on any atom is -0.382 e. The third-order valence-electron chi connectivity index (χ3n) is 2.39. The van der Waals surface area contributed by atoms with Crippen LogP contribution in [0.2, 0.25) is 0 Å². The highest BCUT2D eigenvalue weighted by atomic mass is 79.9. The van der Waals surface area contributed by atoms with Crippen molar-refractivity contribution in [2.45, 2.75) is 26.3 Å². The van der Waals surface area contributed by atoms with Crippen LogP contribution in [0.4, 0.5) is 0 Å². The number of ether oxygens (including phenoxy) is 1. The second-order valence-electron chi connectivity index (χ2n) is 4.71. The van der Waals surface area contributed by atoms with Crippen LogP contribution in [-0.4, -0.2) is 25.2 Å². The molecule has 0 aliphatic heterocycles. The maximum Gasteiger partial charge on any atom is 0.252 e. The van der Waals surface area contributed by atoms with Gasteiger partial charge in [-0.25, -0.2) is 0 Å². The van der Waals surface area contributed by atoms with Crippen molar-refractivity contribution in [1.82, 2.24) is 5.32 Å². The van der Waals surface area contributed by atoms with Gasteiger partial charge < -0.3 is 10.1 Å². The fourth-order valence-electron chi connectivity index (χ4n) is 1.59. The molecule has 0 saturated heterocycles. The number of hydrogen-bond donors (Lipinski definition) is 1. The molecular weight excluding hydrogens is 282 g/mol. The summed E-state index contributed by atoms with van der Waals surface area (Å²) in [5.41, 5.74) is 1.31. The van der Waals surface area contributed by atoms with E-state index < -0.39 is 0 Å². The van der Waals surface area contributed by atoms with Gasteiger partial charge in [-0.15, -0.1) is 0 Å². The quantitative estimate of drug-likeness (QED) is 0.928. The van der Waals surface area contributed by atoms with Crippen LogP contribution in [0.5, 0.6) is 0 Å². The highest BCUT2D eigenvalue weighted by Gasteiger charge is 2.22. The van der Waals surface area contributed by atoms with E-state index >= 15 is 0 Å². The van der Waals surface area contributed by atoms with E-state index in [-0.39, 0.29) is 11.4 Å². The number of amides is 1. The van der Waals surface area contributed by atoms with E-state index in [1.807, 2.05) is 32.9 Å². The van der Waals surface area contributed by atoms with E-state index in [1.165, 1.54) is 0 Å². The van der Waals surface area contributed by atoms with Gasteiger partial charge in [-0.05, 0) is 48.3 Å². The molecule has 94 valence electrons. The van der Waals surface area contributed by atoms with E-state index in [0.717, 1.165) is 10.0 Å². The Hall–Kier alpha value is -0.870. The number of nitrogens with one attached hydrogen (secondary N) is 1. The fraction of sp³-hybridized carbons (Fsp3) is 0.462. The molecule has 0 saturated carbocycles. The van der Waals surface area contributed by atoms with E-state index in [0.29, 0.717) is 12.2 Å². The smallest absolute Gasteiger partial charge is 0.252 e. The lowest BCUT2D eigenvalue weighted by Crippen LogP contribution is -2.46. The molecule has 0 radical (unpaired) electrons. The number of carbonyl (C=O) groups is 1. The molecule has 3 nitrogen and oxygen atoms in total. The number of carbonyl (C=O) groups excluding carboxylic acids is 1. The van der Waals surface area contributed by atoms with Crippen molar-refractivity contribution in [3.05, 3.63) is 33.8 Å². The molecule has 0 unspecified atom stereocenters. The molecule has 1 N–H and O–H groups in total. The number of halogens is 1. The van der Waals surface area contributed by atoms with Gasteiger partial charge in [0, 0.05) is 11.6 Å². The van der Waals surface area contributed by atoms with Crippen LogP contribution in [-0.2, 0) is 4.74 Å². The average Bonchev–Trinajstić information content (AvgIpc) is 2.21. The first-order chi connectivity index (χ1) is 7.87. The van der Waals surface area contributed by atoms with Gasteiger partial charge >= 0.3 is 0 Å². The Morgan fingerprint density at radius 3 is 2.71 bits per heavy atom. The van der Waals surface area contributed by atoms with Crippen LogP contribution in [0.3, 0.4) is 0 Å². The van der Waals surface area contributed by atoms with Gasteiger partial charge in [0.25, 0.3) is 5.91 Å². The van der Waals surface area contributed by atoms with Gasteiger partial charge in [-0.3, -0.25) is 4.79 Å². The largest absolute Gasteiger partial charge is 0.382 e. The van der Waals surface area contributed by atoms with E-state index in [9.17, 15) is 4.79 Å². The monoisotopic (exact) mass is 299 g/mol. The first kappa shape index (κ1) is 14.2. The van der Waals surface area contributed by atoms with E-state index in [2.05, 4.69) is 21.2 Å². The van der Waals surface area contributed by atoms with Crippen LogP contribution < -0.4 is 5.32 Å². The molecule has 1 rings (SSSR count). The molecule has 1 amide bonds. The first-order valence-corrected chi connectivity index (χ1v) is 6.23. The van der Waals surface area contributed by atoms with Crippen LogP contribution in [0, 0.1) is 6.92 Å². The molecule has 0 fully saturated rings. The van der Waals surface area contributed by atoms with Crippen molar-refractivity contribution in [3.8, 4) is 0 Å². The van der Waals surface area contributed by atoms with Gasteiger partial charge in [0.15, 0.2) is 0 Å². The zero-order valence-electron chi connectivity index (χ0n) is 10.6. The summed E-state index contributed by atoms with van der Waals surface area (Å²) in [5.74, 6) is -0.0948. The SMILES string of the molecule is COCC(C)(C)NC(=O)c1cccc(C)c1Br. The summed E-state index contributed by atoms with van der Waals surface area (Å²) in [6.45, 7) is 6.29. The summed E-state index contributed by atoms with van der Waals surface area (Å²) < 4.78 is 5.91. The third-order valence-corrected chi connectivity index (χ3v) is 3.45. The fourth-order valence-corrected chi connectivity index (χ4v) is 2.04. The third kappa shape index (κ3) is 3.82. The molecule has 0 bridgehead atoms. The van der Waals surface area contributed by atoms with Crippen LogP contribution >= 0.6 is 15.9 Å². The summed E-state index contributed by atoms with van der Waals surface area (Å²) in [4.78, 5) is 12.1. The van der Waals surface area contributed by atoms with Gasteiger partial charge in [0.2, 0.25) is 0 Å². The van der Waals surface area contributed by atoms with Gasteiger partial charge in [-0.1, -0.05) is 12.1 Å². The molecular formula is C13H18BrNO2. The molecule has 17 heavy (non-hydrogen) atoms. The van der Waals surface area contributed by atoms with Crippen LogP contribution in [0.15, 0.2) is 22.7 Å². The Balaban J connectivity index is 2.87. The molecule has 0 aliphatic rings. The summed E-state index contributed by atoms with van der Waals surface area (Å²) in [7, 11) is 1.62. The van der Waals surface area contributed by atoms with Crippen molar-refractivity contribution < 1.29 is 9.53 Å². The number of aryl methyl sites for hydroxylation is 1. The molecule has 0 aliphatic carbocycles. The lowest BCUT2D eigenvalue weighted by Gasteiger charge is -2.25. The highest BCUT2D eigenvalue weighted by Crippen LogP contribution is 2.21.